The van der Waals surface area contributed by atoms with Gasteiger partial charge in [-0.15, -0.1) is 0 Å². The van der Waals surface area contributed by atoms with Crippen LogP contribution in [-0.2, 0) is 16.6 Å². The van der Waals surface area contributed by atoms with Crippen LogP contribution in [0.1, 0.15) is 39.3 Å². The first-order valence-electron chi connectivity index (χ1n) is 9.05. The van der Waals surface area contributed by atoms with Crippen molar-refractivity contribution in [3.05, 3.63) is 87.2 Å². The molecular weight excluding hydrogens is 372 g/mol. The molecule has 0 saturated heterocycles. The van der Waals surface area contributed by atoms with Gasteiger partial charge in [0.25, 0.3) is 5.91 Å². The summed E-state index contributed by atoms with van der Waals surface area (Å²) in [5.74, 6) is -1.17. The number of amides is 1. The van der Waals surface area contributed by atoms with Crippen LogP contribution in [0.15, 0.2) is 65.7 Å². The molecule has 0 N–H and O–H groups in total. The Labute approximate surface area is 168 Å². The highest BCUT2D eigenvalue weighted by molar-refractivity contribution is 7.11. The molecule has 2 aromatic carbocycles. The van der Waals surface area contributed by atoms with Crippen molar-refractivity contribution in [1.82, 2.24) is 4.57 Å². The van der Waals surface area contributed by atoms with Gasteiger partial charge in [-0.3, -0.25) is 4.79 Å². The lowest BCUT2D eigenvalue weighted by Gasteiger charge is -2.14. The number of carbonyl (C=O) groups excluding carboxylic acids is 2. The number of esters is 1. The van der Waals surface area contributed by atoms with Crippen molar-refractivity contribution in [3.63, 3.8) is 0 Å². The van der Waals surface area contributed by atoms with E-state index in [4.69, 9.17) is 4.74 Å². The molecule has 0 atom stereocenters. The van der Waals surface area contributed by atoms with Gasteiger partial charge in [0.2, 0.25) is 0 Å². The molecular formula is C22H22N2O3S. The van der Waals surface area contributed by atoms with E-state index in [0.29, 0.717) is 16.3 Å². The molecule has 0 spiro atoms. The Morgan fingerprint density at radius 3 is 2.07 bits per heavy atom. The lowest BCUT2D eigenvalue weighted by molar-refractivity contribution is -0.118. The molecule has 28 heavy (non-hydrogen) atoms. The Hall–Kier alpha value is -2.99. The monoisotopic (exact) mass is 394 g/mol. The Morgan fingerprint density at radius 2 is 1.57 bits per heavy atom. The quantitative estimate of drug-likeness (QED) is 0.618. The van der Waals surface area contributed by atoms with E-state index in [1.54, 1.807) is 18.5 Å². The van der Waals surface area contributed by atoms with Crippen LogP contribution in [0.25, 0.3) is 0 Å². The largest absolute Gasteiger partial charge is 0.462 e. The zero-order valence-corrected chi connectivity index (χ0v) is 16.9. The minimum atomic E-state index is -0.504. The van der Waals surface area contributed by atoms with Crippen LogP contribution >= 0.6 is 11.3 Å². The van der Waals surface area contributed by atoms with Gasteiger partial charge in [-0.05, 0) is 25.0 Å². The van der Waals surface area contributed by atoms with E-state index in [1.165, 1.54) is 11.3 Å². The van der Waals surface area contributed by atoms with E-state index in [9.17, 15) is 9.59 Å². The van der Waals surface area contributed by atoms with Crippen molar-refractivity contribution in [2.24, 2.45) is 12.0 Å². The topological polar surface area (TPSA) is 60.7 Å². The van der Waals surface area contributed by atoms with Gasteiger partial charge in [0.1, 0.15) is 4.88 Å². The summed E-state index contributed by atoms with van der Waals surface area (Å²) in [6, 6.07) is 19.2. The van der Waals surface area contributed by atoms with Crippen LogP contribution < -0.4 is 4.80 Å². The second kappa shape index (κ2) is 8.80. The minimum Gasteiger partial charge on any atom is -0.462 e. The van der Waals surface area contributed by atoms with Gasteiger partial charge in [-0.25, -0.2) is 4.79 Å². The van der Waals surface area contributed by atoms with E-state index in [-0.39, 0.29) is 5.91 Å². The average molecular weight is 394 g/mol. The Bertz CT molecular complexity index is 997. The summed E-state index contributed by atoms with van der Waals surface area (Å²) in [5, 5.41) is 0. The van der Waals surface area contributed by atoms with Crippen LogP contribution in [0.3, 0.4) is 0 Å². The second-order valence-electron chi connectivity index (χ2n) is 6.28. The van der Waals surface area contributed by atoms with Gasteiger partial charge in [-0.2, -0.15) is 4.99 Å². The highest BCUT2D eigenvalue weighted by Gasteiger charge is 2.23. The number of hydrogen-bond acceptors (Lipinski definition) is 4. The number of aromatic nitrogens is 1. The van der Waals surface area contributed by atoms with Crippen LogP contribution in [0.5, 0.6) is 0 Å². The molecule has 144 valence electrons. The van der Waals surface area contributed by atoms with E-state index in [1.807, 2.05) is 67.6 Å². The first kappa shape index (κ1) is 19.8. The van der Waals surface area contributed by atoms with Crippen LogP contribution in [0, 0.1) is 6.92 Å². The molecule has 0 saturated carbocycles. The van der Waals surface area contributed by atoms with Crippen LogP contribution in [0.4, 0.5) is 0 Å². The highest BCUT2D eigenvalue weighted by atomic mass is 32.1. The molecule has 6 heteroatoms. The second-order valence-corrected chi connectivity index (χ2v) is 7.26. The number of hydrogen-bond donors (Lipinski definition) is 0. The number of benzene rings is 2. The Kier molecular flexibility index (Phi) is 6.21. The van der Waals surface area contributed by atoms with Gasteiger partial charge < -0.3 is 9.30 Å². The Morgan fingerprint density at radius 1 is 1.04 bits per heavy atom. The highest BCUT2D eigenvalue weighted by Crippen LogP contribution is 2.26. The zero-order chi connectivity index (χ0) is 20.1. The molecule has 0 aliphatic carbocycles. The molecule has 3 aromatic rings. The van der Waals surface area contributed by atoms with Crippen LogP contribution in [0.2, 0.25) is 0 Å². The van der Waals surface area contributed by atoms with Crippen molar-refractivity contribution in [2.45, 2.75) is 19.8 Å². The minimum absolute atomic E-state index is 0.273. The van der Waals surface area contributed by atoms with Crippen molar-refractivity contribution < 1.29 is 14.3 Å². The molecule has 0 aliphatic heterocycles. The van der Waals surface area contributed by atoms with Crippen molar-refractivity contribution in [1.29, 1.82) is 0 Å². The molecule has 0 radical (unpaired) electrons. The molecule has 0 bridgehead atoms. The average Bonchev–Trinajstić information content (AvgIpc) is 2.98. The number of ether oxygens (including phenoxy) is 1. The van der Waals surface area contributed by atoms with Gasteiger partial charge in [-0.1, -0.05) is 72.0 Å². The first-order valence-corrected chi connectivity index (χ1v) is 9.86. The maximum Gasteiger partial charge on any atom is 0.350 e. The fourth-order valence-electron chi connectivity index (χ4n) is 2.94. The molecule has 1 aromatic heterocycles. The normalized spacial score (nSPS) is 11.6. The van der Waals surface area contributed by atoms with Crippen molar-refractivity contribution in [2.75, 3.05) is 6.61 Å². The van der Waals surface area contributed by atoms with Gasteiger partial charge in [0, 0.05) is 12.7 Å². The van der Waals surface area contributed by atoms with Gasteiger partial charge in [0.05, 0.1) is 12.5 Å². The predicted octanol–water partition coefficient (Wildman–Crippen LogP) is 3.83. The maximum absolute atomic E-state index is 13.2. The summed E-state index contributed by atoms with van der Waals surface area (Å²) < 4.78 is 6.85. The van der Waals surface area contributed by atoms with E-state index >= 15 is 0 Å². The summed E-state index contributed by atoms with van der Waals surface area (Å²) in [5.41, 5.74) is 2.49. The summed E-state index contributed by atoms with van der Waals surface area (Å²) in [6.07, 6.45) is 0. The van der Waals surface area contributed by atoms with E-state index in [0.717, 1.165) is 16.8 Å². The third-order valence-corrected chi connectivity index (χ3v) is 5.71. The number of thiazole rings is 1. The third-order valence-electron chi connectivity index (χ3n) is 4.49. The fraction of sp³-hybridized carbons (Fsp3) is 0.227. The molecule has 1 amide bonds. The maximum atomic E-state index is 13.2. The number of nitrogens with zero attached hydrogens (tertiary/aromatic N) is 2. The smallest absolute Gasteiger partial charge is 0.350 e. The summed E-state index contributed by atoms with van der Waals surface area (Å²) in [7, 11) is 1.79. The molecule has 5 nitrogen and oxygen atoms in total. The molecule has 3 rings (SSSR count). The van der Waals surface area contributed by atoms with Crippen molar-refractivity contribution in [3.8, 4) is 0 Å². The van der Waals surface area contributed by atoms with E-state index in [2.05, 4.69) is 4.99 Å². The zero-order valence-electron chi connectivity index (χ0n) is 16.1. The summed E-state index contributed by atoms with van der Waals surface area (Å²) in [6.45, 7) is 3.88. The lowest BCUT2D eigenvalue weighted by Crippen LogP contribution is -2.19. The third kappa shape index (κ3) is 4.12. The first-order chi connectivity index (χ1) is 13.5. The molecule has 0 fully saturated rings. The van der Waals surface area contributed by atoms with Gasteiger partial charge >= 0.3 is 5.97 Å². The molecule has 0 unspecified atom stereocenters. The number of carbonyl (C=O) groups is 2. The van der Waals surface area contributed by atoms with E-state index < -0.39 is 11.9 Å². The summed E-state index contributed by atoms with van der Waals surface area (Å²) in [4.78, 5) is 30.6. The van der Waals surface area contributed by atoms with Crippen LogP contribution in [-0.4, -0.2) is 23.1 Å². The molecule has 0 aliphatic rings. The standard InChI is InChI=1S/C22H22N2O3S/c1-4-27-21(26)19-15(2)24(3)22(28-19)23-20(25)18(16-11-7-5-8-12-16)17-13-9-6-10-14-17/h5-14,18H,4H2,1-3H3. The van der Waals surface area contributed by atoms with Crippen molar-refractivity contribution >= 4 is 23.2 Å². The lowest BCUT2D eigenvalue weighted by atomic mass is 9.91. The summed E-state index contributed by atoms with van der Waals surface area (Å²) >= 11 is 1.17. The predicted molar refractivity (Wildman–Crippen MR) is 109 cm³/mol. The molecule has 1 heterocycles. The number of rotatable bonds is 5. The van der Waals surface area contributed by atoms with Gasteiger partial charge in [0.15, 0.2) is 4.80 Å². The fourth-order valence-corrected chi connectivity index (χ4v) is 3.96. The Balaban J connectivity index is 2.06. The SMILES string of the molecule is CCOC(=O)c1sc(=NC(=O)C(c2ccccc2)c2ccccc2)n(C)c1C.